The van der Waals surface area contributed by atoms with Crippen LogP contribution in [0.1, 0.15) is 18.6 Å². The van der Waals surface area contributed by atoms with E-state index in [0.717, 1.165) is 22.8 Å². The van der Waals surface area contributed by atoms with Crippen LogP contribution in [0.2, 0.25) is 0 Å². The molecule has 4 rings (SSSR count). The molecule has 2 heterocycles. The summed E-state index contributed by atoms with van der Waals surface area (Å²) in [6.07, 6.45) is 3.07. The van der Waals surface area contributed by atoms with Gasteiger partial charge < -0.3 is 9.51 Å². The van der Waals surface area contributed by atoms with Gasteiger partial charge in [0.1, 0.15) is 17.3 Å². The molecule has 0 saturated heterocycles. The molecular formula is C21H16F2N2O. The summed E-state index contributed by atoms with van der Waals surface area (Å²) in [6.45, 7) is 1.72. The van der Waals surface area contributed by atoms with Gasteiger partial charge in [0.25, 0.3) is 0 Å². The first-order valence-corrected chi connectivity index (χ1v) is 8.24. The van der Waals surface area contributed by atoms with E-state index in [1.165, 1.54) is 12.1 Å². The largest absolute Gasteiger partial charge is 0.389 e. The summed E-state index contributed by atoms with van der Waals surface area (Å²) in [6, 6.07) is 14.9. The van der Waals surface area contributed by atoms with Crippen LogP contribution >= 0.6 is 0 Å². The van der Waals surface area contributed by atoms with Crippen LogP contribution in [0.25, 0.3) is 28.0 Å². The van der Waals surface area contributed by atoms with Crippen LogP contribution in [0.15, 0.2) is 67.0 Å². The Morgan fingerprint density at radius 2 is 1.81 bits per heavy atom. The van der Waals surface area contributed by atoms with Gasteiger partial charge in [-0.25, -0.2) is 13.8 Å². The van der Waals surface area contributed by atoms with E-state index in [2.05, 4.69) is 4.98 Å². The van der Waals surface area contributed by atoms with Crippen LogP contribution in [0.5, 0.6) is 0 Å². The zero-order chi connectivity index (χ0) is 18.3. The topological polar surface area (TPSA) is 37.5 Å². The monoisotopic (exact) mass is 350 g/mol. The minimum atomic E-state index is -0.640. The molecular weight excluding hydrogens is 334 g/mol. The Bertz CT molecular complexity index is 1100. The fourth-order valence-electron chi connectivity index (χ4n) is 2.97. The van der Waals surface area contributed by atoms with Crippen molar-refractivity contribution in [1.29, 1.82) is 0 Å². The van der Waals surface area contributed by atoms with Gasteiger partial charge in [0, 0.05) is 24.0 Å². The predicted molar refractivity (Wildman–Crippen MR) is 96.6 cm³/mol. The standard InChI is InChI=1S/C21H16F2N2O/c1-13(26)14-3-2-4-15(9-14)16-5-8-21-24-20(12-25(21)11-16)18-7-6-17(22)10-19(18)23/h2-13,26H,1H3. The van der Waals surface area contributed by atoms with Gasteiger partial charge in [-0.2, -0.15) is 0 Å². The van der Waals surface area contributed by atoms with Crippen LogP contribution in [0.4, 0.5) is 8.78 Å². The number of aromatic nitrogens is 2. The molecule has 1 atom stereocenters. The van der Waals surface area contributed by atoms with E-state index in [1.54, 1.807) is 13.1 Å². The lowest BCUT2D eigenvalue weighted by Gasteiger charge is -2.08. The first-order valence-electron chi connectivity index (χ1n) is 8.24. The second kappa shape index (κ2) is 6.35. The zero-order valence-electron chi connectivity index (χ0n) is 14.0. The van der Waals surface area contributed by atoms with Gasteiger partial charge in [-0.15, -0.1) is 0 Å². The van der Waals surface area contributed by atoms with Gasteiger partial charge in [-0.1, -0.05) is 18.2 Å². The quantitative estimate of drug-likeness (QED) is 0.565. The van der Waals surface area contributed by atoms with E-state index in [0.29, 0.717) is 11.3 Å². The van der Waals surface area contributed by atoms with Crippen molar-refractivity contribution < 1.29 is 13.9 Å². The van der Waals surface area contributed by atoms with Crippen LogP contribution in [0.3, 0.4) is 0 Å². The zero-order valence-corrected chi connectivity index (χ0v) is 14.0. The average Bonchev–Trinajstić information content (AvgIpc) is 3.04. The molecule has 2 aromatic carbocycles. The fourth-order valence-corrected chi connectivity index (χ4v) is 2.97. The number of imidazole rings is 1. The van der Waals surface area contributed by atoms with Crippen molar-refractivity contribution in [3.05, 3.63) is 84.2 Å². The molecule has 0 fully saturated rings. The van der Waals surface area contributed by atoms with E-state index < -0.39 is 17.7 Å². The normalized spacial score (nSPS) is 12.5. The highest BCUT2D eigenvalue weighted by Crippen LogP contribution is 2.27. The van der Waals surface area contributed by atoms with Gasteiger partial charge in [0.15, 0.2) is 0 Å². The fraction of sp³-hybridized carbons (Fsp3) is 0.0952. The van der Waals surface area contributed by atoms with E-state index in [4.69, 9.17) is 0 Å². The Labute approximate surface area is 149 Å². The van der Waals surface area contributed by atoms with Crippen molar-refractivity contribution in [2.24, 2.45) is 0 Å². The van der Waals surface area contributed by atoms with Crippen LogP contribution in [-0.4, -0.2) is 14.5 Å². The Hall–Kier alpha value is -3.05. The van der Waals surface area contributed by atoms with Crippen LogP contribution in [0, 0.1) is 11.6 Å². The lowest BCUT2D eigenvalue weighted by molar-refractivity contribution is 0.199. The molecule has 2 aromatic heterocycles. The van der Waals surface area contributed by atoms with E-state index in [9.17, 15) is 13.9 Å². The molecule has 26 heavy (non-hydrogen) atoms. The van der Waals surface area contributed by atoms with E-state index >= 15 is 0 Å². The number of hydrogen-bond donors (Lipinski definition) is 1. The number of halogens is 2. The molecule has 0 spiro atoms. The molecule has 0 aliphatic carbocycles. The maximum Gasteiger partial charge on any atom is 0.137 e. The van der Waals surface area contributed by atoms with Gasteiger partial charge in [0.2, 0.25) is 0 Å². The Morgan fingerprint density at radius 3 is 2.58 bits per heavy atom. The van der Waals surface area contributed by atoms with Crippen LogP contribution < -0.4 is 0 Å². The van der Waals surface area contributed by atoms with Crippen molar-refractivity contribution in [2.45, 2.75) is 13.0 Å². The second-order valence-electron chi connectivity index (χ2n) is 6.23. The summed E-state index contributed by atoms with van der Waals surface area (Å²) in [4.78, 5) is 4.41. The van der Waals surface area contributed by atoms with Gasteiger partial charge in [-0.05, 0) is 53.9 Å². The summed E-state index contributed by atoms with van der Waals surface area (Å²) in [5, 5.41) is 9.76. The number of aliphatic hydroxyl groups is 1. The SMILES string of the molecule is CC(O)c1cccc(-c2ccc3nc(-c4ccc(F)cc4F)cn3c2)c1. The third-order valence-corrected chi connectivity index (χ3v) is 4.36. The molecule has 3 nitrogen and oxygen atoms in total. The molecule has 130 valence electrons. The molecule has 1 N–H and O–H groups in total. The average molecular weight is 350 g/mol. The van der Waals surface area contributed by atoms with Crippen LogP contribution in [-0.2, 0) is 0 Å². The lowest BCUT2D eigenvalue weighted by Crippen LogP contribution is -1.91. The number of benzene rings is 2. The number of rotatable bonds is 3. The molecule has 4 aromatic rings. The van der Waals surface area contributed by atoms with Gasteiger partial charge >= 0.3 is 0 Å². The van der Waals surface area contributed by atoms with Gasteiger partial charge in [-0.3, -0.25) is 0 Å². The lowest BCUT2D eigenvalue weighted by atomic mass is 10.0. The number of hydrogen-bond acceptors (Lipinski definition) is 2. The Morgan fingerprint density at radius 1 is 0.962 bits per heavy atom. The van der Waals surface area contributed by atoms with Crippen molar-refractivity contribution in [3.8, 4) is 22.4 Å². The summed E-state index contributed by atoms with van der Waals surface area (Å²) in [5.74, 6) is -1.26. The van der Waals surface area contributed by atoms with Crippen molar-refractivity contribution in [2.75, 3.05) is 0 Å². The summed E-state index contributed by atoms with van der Waals surface area (Å²) >= 11 is 0. The predicted octanol–water partition coefficient (Wildman–Crippen LogP) is 5.00. The van der Waals surface area contributed by atoms with Crippen molar-refractivity contribution >= 4 is 5.65 Å². The number of pyridine rings is 1. The minimum absolute atomic E-state index is 0.257. The third-order valence-electron chi connectivity index (χ3n) is 4.36. The molecule has 5 heteroatoms. The molecule has 0 aliphatic rings. The third kappa shape index (κ3) is 2.97. The minimum Gasteiger partial charge on any atom is -0.389 e. The molecule has 0 amide bonds. The highest BCUT2D eigenvalue weighted by molar-refractivity contribution is 5.68. The van der Waals surface area contributed by atoms with E-state index in [1.807, 2.05) is 47.0 Å². The highest BCUT2D eigenvalue weighted by Gasteiger charge is 2.11. The van der Waals surface area contributed by atoms with E-state index in [-0.39, 0.29) is 5.56 Å². The Balaban J connectivity index is 1.78. The maximum atomic E-state index is 14.0. The molecule has 0 saturated carbocycles. The maximum absolute atomic E-state index is 14.0. The molecule has 0 bridgehead atoms. The summed E-state index contributed by atoms with van der Waals surface area (Å²) in [5.41, 5.74) is 4.11. The van der Waals surface area contributed by atoms with Crippen molar-refractivity contribution in [1.82, 2.24) is 9.38 Å². The highest BCUT2D eigenvalue weighted by atomic mass is 19.1. The smallest absolute Gasteiger partial charge is 0.137 e. The second-order valence-corrected chi connectivity index (χ2v) is 6.23. The van der Waals surface area contributed by atoms with Crippen molar-refractivity contribution in [3.63, 3.8) is 0 Å². The first kappa shape index (κ1) is 16.4. The summed E-state index contributed by atoms with van der Waals surface area (Å²) in [7, 11) is 0. The number of fused-ring (bicyclic) bond motifs is 1. The molecule has 0 radical (unpaired) electrons. The Kier molecular flexibility index (Phi) is 4.01. The molecule has 1 unspecified atom stereocenters. The first-order chi connectivity index (χ1) is 12.5. The molecule has 0 aliphatic heterocycles. The van der Waals surface area contributed by atoms with Gasteiger partial charge in [0.05, 0.1) is 11.8 Å². The number of nitrogens with zero attached hydrogens (tertiary/aromatic N) is 2. The number of aliphatic hydroxyl groups excluding tert-OH is 1. The summed E-state index contributed by atoms with van der Waals surface area (Å²) < 4.78 is 28.9.